The summed E-state index contributed by atoms with van der Waals surface area (Å²) in [7, 11) is 1.87. The first-order chi connectivity index (χ1) is 11.1. The summed E-state index contributed by atoms with van der Waals surface area (Å²) in [4.78, 5) is 17.2. The van der Waals surface area contributed by atoms with Crippen molar-refractivity contribution in [1.82, 2.24) is 20.1 Å². The third-order valence-corrected chi connectivity index (χ3v) is 3.87. The number of para-hydroxylation sites is 1. The molecule has 2 aromatic heterocycles. The molecule has 3 aromatic rings. The minimum Gasteiger partial charge on any atom is -0.351 e. The summed E-state index contributed by atoms with van der Waals surface area (Å²) in [6.07, 6.45) is 1.92. The molecule has 1 N–H and O–H groups in total. The molecule has 0 spiro atoms. The Morgan fingerprint density at radius 1 is 1.35 bits per heavy atom. The van der Waals surface area contributed by atoms with Crippen molar-refractivity contribution in [2.75, 3.05) is 12.3 Å². The van der Waals surface area contributed by atoms with Crippen molar-refractivity contribution in [3.05, 3.63) is 47.8 Å². The summed E-state index contributed by atoms with van der Waals surface area (Å²) in [5, 5.41) is 8.08. The summed E-state index contributed by atoms with van der Waals surface area (Å²) in [6.45, 7) is 2.46. The highest BCUT2D eigenvalue weighted by Crippen LogP contribution is 2.26. The first-order valence-corrected chi connectivity index (χ1v) is 8.03. The number of nitrogens with one attached hydrogen (secondary N) is 1. The number of nitrogens with zero attached hydrogens (tertiary/aromatic N) is 3. The monoisotopic (exact) mass is 326 g/mol. The number of hydrogen-bond donors (Lipinski definition) is 2. The SMILES string of the molecule is Cc1nn(C)cc1-c1cc(C(=O)NCCS)c2ccccc2n1. The molecule has 0 saturated heterocycles. The zero-order chi connectivity index (χ0) is 16.4. The minimum absolute atomic E-state index is 0.111. The van der Waals surface area contributed by atoms with E-state index in [2.05, 4.69) is 23.0 Å². The van der Waals surface area contributed by atoms with Gasteiger partial charge in [-0.25, -0.2) is 4.98 Å². The molecule has 0 aliphatic carbocycles. The van der Waals surface area contributed by atoms with Gasteiger partial charge in [0.2, 0.25) is 0 Å². The molecule has 0 aliphatic rings. The Hall–Kier alpha value is -2.34. The second-order valence-electron chi connectivity index (χ2n) is 5.35. The highest BCUT2D eigenvalue weighted by molar-refractivity contribution is 7.80. The van der Waals surface area contributed by atoms with Gasteiger partial charge in [0.1, 0.15) is 0 Å². The van der Waals surface area contributed by atoms with Gasteiger partial charge in [0, 0.05) is 36.5 Å². The van der Waals surface area contributed by atoms with Crippen LogP contribution in [0.15, 0.2) is 36.5 Å². The fourth-order valence-corrected chi connectivity index (χ4v) is 2.73. The number of hydrogen-bond acceptors (Lipinski definition) is 4. The molecule has 3 rings (SSSR count). The molecule has 0 bridgehead atoms. The van der Waals surface area contributed by atoms with Crippen molar-refractivity contribution in [1.29, 1.82) is 0 Å². The molecule has 6 heteroatoms. The summed E-state index contributed by atoms with van der Waals surface area (Å²) < 4.78 is 1.75. The molecule has 0 radical (unpaired) electrons. The van der Waals surface area contributed by atoms with Crippen LogP contribution in [-0.2, 0) is 7.05 Å². The van der Waals surface area contributed by atoms with Crippen molar-refractivity contribution in [2.24, 2.45) is 7.05 Å². The van der Waals surface area contributed by atoms with Gasteiger partial charge in [-0.2, -0.15) is 17.7 Å². The fraction of sp³-hybridized carbons (Fsp3) is 0.235. The average molecular weight is 326 g/mol. The third-order valence-electron chi connectivity index (χ3n) is 3.65. The van der Waals surface area contributed by atoms with Gasteiger partial charge >= 0.3 is 0 Å². The van der Waals surface area contributed by atoms with E-state index in [9.17, 15) is 4.79 Å². The number of rotatable bonds is 4. The highest BCUT2D eigenvalue weighted by Gasteiger charge is 2.15. The van der Waals surface area contributed by atoms with Crippen LogP contribution in [0.3, 0.4) is 0 Å². The standard InChI is InChI=1S/C17H18N4OS/c1-11-14(10-21(2)20-11)16-9-13(17(22)18-7-8-23)12-5-3-4-6-15(12)19-16/h3-6,9-10,23H,7-8H2,1-2H3,(H,18,22). The Kier molecular flexibility index (Phi) is 4.34. The van der Waals surface area contributed by atoms with E-state index in [1.807, 2.05) is 50.5 Å². The molecule has 118 valence electrons. The van der Waals surface area contributed by atoms with Crippen LogP contribution < -0.4 is 5.32 Å². The van der Waals surface area contributed by atoms with E-state index in [1.165, 1.54) is 0 Å². The lowest BCUT2D eigenvalue weighted by molar-refractivity contribution is 0.0958. The van der Waals surface area contributed by atoms with Crippen LogP contribution in [0, 0.1) is 6.92 Å². The number of fused-ring (bicyclic) bond motifs is 1. The van der Waals surface area contributed by atoms with Crippen molar-refractivity contribution in [3.8, 4) is 11.3 Å². The molecule has 1 aromatic carbocycles. The van der Waals surface area contributed by atoms with E-state index in [1.54, 1.807) is 4.68 Å². The Labute approximate surface area is 140 Å². The smallest absolute Gasteiger partial charge is 0.252 e. The number of carbonyl (C=O) groups excluding carboxylic acids is 1. The first kappa shape index (κ1) is 15.6. The topological polar surface area (TPSA) is 59.8 Å². The molecular formula is C17H18N4OS. The van der Waals surface area contributed by atoms with Crippen LogP contribution in [0.2, 0.25) is 0 Å². The second kappa shape index (κ2) is 6.42. The number of aromatic nitrogens is 3. The molecule has 0 saturated carbocycles. The molecule has 2 heterocycles. The number of aryl methyl sites for hydroxylation is 2. The number of pyridine rings is 1. The van der Waals surface area contributed by atoms with Crippen LogP contribution in [0.1, 0.15) is 16.1 Å². The highest BCUT2D eigenvalue weighted by atomic mass is 32.1. The Morgan fingerprint density at radius 2 is 2.13 bits per heavy atom. The zero-order valence-electron chi connectivity index (χ0n) is 13.1. The predicted octanol–water partition coefficient (Wildman–Crippen LogP) is 2.60. The molecule has 5 nitrogen and oxygen atoms in total. The van der Waals surface area contributed by atoms with E-state index in [-0.39, 0.29) is 5.91 Å². The maximum absolute atomic E-state index is 12.5. The quantitative estimate of drug-likeness (QED) is 0.725. The van der Waals surface area contributed by atoms with Gasteiger partial charge in [-0.1, -0.05) is 18.2 Å². The number of carbonyl (C=O) groups is 1. The van der Waals surface area contributed by atoms with Crippen LogP contribution in [0.4, 0.5) is 0 Å². The molecule has 0 fully saturated rings. The summed E-state index contributed by atoms with van der Waals surface area (Å²) in [5.74, 6) is 0.490. The predicted molar refractivity (Wildman–Crippen MR) is 94.9 cm³/mol. The minimum atomic E-state index is -0.111. The normalized spacial score (nSPS) is 10.9. The summed E-state index contributed by atoms with van der Waals surface area (Å²) >= 11 is 4.14. The van der Waals surface area contributed by atoms with Crippen LogP contribution >= 0.6 is 12.6 Å². The Balaban J connectivity index is 2.17. The summed E-state index contributed by atoms with van der Waals surface area (Å²) in [5.41, 5.74) is 3.99. The van der Waals surface area contributed by atoms with Crippen LogP contribution in [0.25, 0.3) is 22.2 Å². The first-order valence-electron chi connectivity index (χ1n) is 7.39. The van der Waals surface area contributed by atoms with Gasteiger partial charge in [-0.3, -0.25) is 9.48 Å². The molecule has 0 atom stereocenters. The molecule has 0 aliphatic heterocycles. The van der Waals surface area contributed by atoms with Crippen molar-refractivity contribution in [2.45, 2.75) is 6.92 Å². The summed E-state index contributed by atoms with van der Waals surface area (Å²) in [6, 6.07) is 9.50. The van der Waals surface area contributed by atoms with E-state index < -0.39 is 0 Å². The van der Waals surface area contributed by atoms with Gasteiger partial charge < -0.3 is 5.32 Å². The largest absolute Gasteiger partial charge is 0.351 e. The lowest BCUT2D eigenvalue weighted by atomic mass is 10.0. The van der Waals surface area contributed by atoms with Gasteiger partial charge in [-0.05, 0) is 19.1 Å². The van der Waals surface area contributed by atoms with Gasteiger partial charge in [-0.15, -0.1) is 0 Å². The second-order valence-corrected chi connectivity index (χ2v) is 5.80. The molecule has 23 heavy (non-hydrogen) atoms. The molecule has 0 unspecified atom stereocenters. The lowest BCUT2D eigenvalue weighted by Gasteiger charge is -2.09. The molecule has 1 amide bonds. The number of amides is 1. The van der Waals surface area contributed by atoms with Crippen molar-refractivity contribution < 1.29 is 4.79 Å². The van der Waals surface area contributed by atoms with E-state index in [0.29, 0.717) is 17.9 Å². The lowest BCUT2D eigenvalue weighted by Crippen LogP contribution is -2.25. The zero-order valence-corrected chi connectivity index (χ0v) is 14.0. The fourth-order valence-electron chi connectivity index (χ4n) is 2.62. The Morgan fingerprint density at radius 3 is 2.83 bits per heavy atom. The maximum atomic E-state index is 12.5. The van der Waals surface area contributed by atoms with Crippen LogP contribution in [0.5, 0.6) is 0 Å². The average Bonchev–Trinajstić information content (AvgIpc) is 2.90. The maximum Gasteiger partial charge on any atom is 0.252 e. The number of thiol groups is 1. The van der Waals surface area contributed by atoms with E-state index in [0.717, 1.165) is 27.9 Å². The van der Waals surface area contributed by atoms with Crippen LogP contribution in [-0.4, -0.2) is 33.0 Å². The Bertz CT molecular complexity index is 872. The van der Waals surface area contributed by atoms with Gasteiger partial charge in [0.25, 0.3) is 5.91 Å². The van der Waals surface area contributed by atoms with Crippen molar-refractivity contribution in [3.63, 3.8) is 0 Å². The van der Waals surface area contributed by atoms with E-state index >= 15 is 0 Å². The van der Waals surface area contributed by atoms with Gasteiger partial charge in [0.05, 0.1) is 22.5 Å². The molecular weight excluding hydrogens is 308 g/mol. The number of benzene rings is 1. The third kappa shape index (κ3) is 3.07. The van der Waals surface area contributed by atoms with Crippen molar-refractivity contribution >= 4 is 29.4 Å². The van der Waals surface area contributed by atoms with Gasteiger partial charge in [0.15, 0.2) is 0 Å². The van der Waals surface area contributed by atoms with E-state index in [4.69, 9.17) is 4.98 Å².